The van der Waals surface area contributed by atoms with Crippen LogP contribution in [-0.2, 0) is 0 Å². The molecule has 0 aromatic heterocycles. The molecule has 126 valence electrons. The summed E-state index contributed by atoms with van der Waals surface area (Å²) in [4.78, 5) is 3.80. The second-order valence-corrected chi connectivity index (χ2v) is 7.94. The summed E-state index contributed by atoms with van der Waals surface area (Å²) < 4.78 is 0. The normalized spacial score (nSPS) is 10.2. The average Bonchev–Trinajstić information content (AvgIpc) is 2.66. The van der Waals surface area contributed by atoms with E-state index in [9.17, 15) is 10.5 Å². The van der Waals surface area contributed by atoms with Crippen molar-refractivity contribution in [2.75, 3.05) is 0 Å². The van der Waals surface area contributed by atoms with Crippen LogP contribution < -0.4 is 0 Å². The molecule has 3 rings (SSSR count). The predicted molar refractivity (Wildman–Crippen MR) is 106 cm³/mol. The van der Waals surface area contributed by atoms with Crippen LogP contribution in [0.4, 0.5) is 0 Å². The van der Waals surface area contributed by atoms with E-state index in [1.165, 1.54) is 23.5 Å². The molecule has 4 heteroatoms. The SMILES string of the molecule is Cc1ccccc1Sc1ccc(Sc2ccccc2C)c(C#N)c1C#N. The highest BCUT2D eigenvalue weighted by atomic mass is 32.2. The molecule has 0 amide bonds. The van der Waals surface area contributed by atoms with Crippen molar-refractivity contribution in [3.8, 4) is 12.1 Å². The summed E-state index contributed by atoms with van der Waals surface area (Å²) in [6, 6.07) is 24.5. The van der Waals surface area contributed by atoms with Gasteiger partial charge in [0.05, 0.1) is 11.1 Å². The maximum Gasteiger partial charge on any atom is 0.102 e. The summed E-state index contributed by atoms with van der Waals surface area (Å²) in [5, 5.41) is 19.4. The van der Waals surface area contributed by atoms with Gasteiger partial charge in [-0.1, -0.05) is 59.9 Å². The van der Waals surface area contributed by atoms with E-state index in [4.69, 9.17) is 0 Å². The first-order valence-electron chi connectivity index (χ1n) is 8.08. The fraction of sp³-hybridized carbons (Fsp3) is 0.0909. The molecule has 0 fully saturated rings. The molecular formula is C22H16N2S2. The van der Waals surface area contributed by atoms with Crippen LogP contribution in [-0.4, -0.2) is 0 Å². The molecule has 2 nitrogen and oxygen atoms in total. The van der Waals surface area contributed by atoms with Gasteiger partial charge < -0.3 is 0 Å². The zero-order valence-electron chi connectivity index (χ0n) is 14.5. The first-order chi connectivity index (χ1) is 12.6. The number of nitrogens with zero attached hydrogens (tertiary/aromatic N) is 2. The highest BCUT2D eigenvalue weighted by molar-refractivity contribution is 8.00. The minimum atomic E-state index is 0.444. The van der Waals surface area contributed by atoms with Gasteiger partial charge in [0, 0.05) is 19.6 Å². The van der Waals surface area contributed by atoms with Crippen molar-refractivity contribution < 1.29 is 0 Å². The molecule has 26 heavy (non-hydrogen) atoms. The summed E-state index contributed by atoms with van der Waals surface area (Å²) >= 11 is 3.06. The van der Waals surface area contributed by atoms with Gasteiger partial charge in [0.25, 0.3) is 0 Å². The Balaban J connectivity index is 2.03. The zero-order chi connectivity index (χ0) is 18.5. The first-order valence-corrected chi connectivity index (χ1v) is 9.71. The van der Waals surface area contributed by atoms with E-state index < -0.39 is 0 Å². The molecule has 0 atom stereocenters. The van der Waals surface area contributed by atoms with Crippen LogP contribution in [0.1, 0.15) is 22.3 Å². The van der Waals surface area contributed by atoms with E-state index in [1.54, 1.807) is 0 Å². The number of aryl methyl sites for hydroxylation is 2. The fourth-order valence-corrected chi connectivity index (χ4v) is 4.53. The van der Waals surface area contributed by atoms with Crippen molar-refractivity contribution in [1.82, 2.24) is 0 Å². The Bertz CT molecular complexity index is 958. The molecule has 0 bridgehead atoms. The lowest BCUT2D eigenvalue weighted by Gasteiger charge is -2.12. The van der Waals surface area contributed by atoms with Crippen LogP contribution in [0.25, 0.3) is 0 Å². The summed E-state index contributed by atoms with van der Waals surface area (Å²) in [7, 11) is 0. The van der Waals surface area contributed by atoms with Crippen LogP contribution in [0, 0.1) is 36.5 Å². The van der Waals surface area contributed by atoms with Crippen molar-refractivity contribution >= 4 is 23.5 Å². The molecule has 0 radical (unpaired) electrons. The van der Waals surface area contributed by atoms with Gasteiger partial charge in [0.1, 0.15) is 12.1 Å². The quantitative estimate of drug-likeness (QED) is 0.535. The fourth-order valence-electron chi connectivity index (χ4n) is 2.54. The van der Waals surface area contributed by atoms with Crippen LogP contribution in [0.2, 0.25) is 0 Å². The Hall–Kier alpha value is -2.66. The topological polar surface area (TPSA) is 47.6 Å². The lowest BCUT2D eigenvalue weighted by Crippen LogP contribution is -1.92. The summed E-state index contributed by atoms with van der Waals surface area (Å²) in [5.74, 6) is 0. The van der Waals surface area contributed by atoms with Crippen LogP contribution >= 0.6 is 23.5 Å². The largest absolute Gasteiger partial charge is 0.192 e. The third-order valence-electron chi connectivity index (χ3n) is 3.98. The monoisotopic (exact) mass is 372 g/mol. The first kappa shape index (κ1) is 18.1. The molecule has 0 saturated heterocycles. The van der Waals surface area contributed by atoms with Gasteiger partial charge in [-0.25, -0.2) is 0 Å². The molecular weight excluding hydrogens is 356 g/mol. The lowest BCUT2D eigenvalue weighted by atomic mass is 10.1. The highest BCUT2D eigenvalue weighted by Crippen LogP contribution is 2.39. The van der Waals surface area contributed by atoms with E-state index in [-0.39, 0.29) is 0 Å². The van der Waals surface area contributed by atoms with E-state index >= 15 is 0 Å². The third-order valence-corrected chi connectivity index (χ3v) is 6.46. The van der Waals surface area contributed by atoms with E-state index in [2.05, 4.69) is 12.1 Å². The second kappa shape index (κ2) is 8.15. The lowest BCUT2D eigenvalue weighted by molar-refractivity contribution is 1.22. The molecule has 0 aliphatic heterocycles. The molecule has 3 aromatic carbocycles. The smallest absolute Gasteiger partial charge is 0.102 e. The van der Waals surface area contributed by atoms with Crippen molar-refractivity contribution in [1.29, 1.82) is 10.5 Å². The van der Waals surface area contributed by atoms with Gasteiger partial charge >= 0.3 is 0 Å². The molecule has 0 unspecified atom stereocenters. The van der Waals surface area contributed by atoms with Gasteiger partial charge in [-0.05, 0) is 49.2 Å². The standard InChI is InChI=1S/C22H16N2S2/c1-15-7-3-5-9-19(15)25-21-11-12-22(18(14-24)17(21)13-23)26-20-10-6-4-8-16(20)2/h3-12H,1-2H3. The molecule has 0 saturated carbocycles. The second-order valence-electron chi connectivity index (χ2n) is 5.77. The van der Waals surface area contributed by atoms with Crippen LogP contribution in [0.15, 0.2) is 80.2 Å². The van der Waals surface area contributed by atoms with Crippen molar-refractivity contribution in [2.45, 2.75) is 33.4 Å². The summed E-state index contributed by atoms with van der Waals surface area (Å²) in [6.07, 6.45) is 0. The van der Waals surface area contributed by atoms with E-state index in [0.29, 0.717) is 11.1 Å². The summed E-state index contributed by atoms with van der Waals surface area (Å²) in [6.45, 7) is 4.09. The van der Waals surface area contributed by atoms with Gasteiger partial charge in [-0.2, -0.15) is 10.5 Å². The number of benzene rings is 3. The molecule has 0 aliphatic carbocycles. The molecule has 0 N–H and O–H groups in total. The predicted octanol–water partition coefficient (Wildman–Crippen LogP) is 6.35. The molecule has 0 aliphatic rings. The van der Waals surface area contributed by atoms with Crippen molar-refractivity contribution in [3.63, 3.8) is 0 Å². The average molecular weight is 373 g/mol. The molecule has 0 spiro atoms. The van der Waals surface area contributed by atoms with Crippen LogP contribution in [0.3, 0.4) is 0 Å². The van der Waals surface area contributed by atoms with Crippen molar-refractivity contribution in [3.05, 3.63) is 82.9 Å². The number of rotatable bonds is 4. The maximum atomic E-state index is 9.70. The number of hydrogen-bond donors (Lipinski definition) is 0. The Labute approximate surface area is 162 Å². The van der Waals surface area contributed by atoms with E-state index in [1.807, 2.05) is 74.5 Å². The van der Waals surface area contributed by atoms with Crippen LogP contribution in [0.5, 0.6) is 0 Å². The third kappa shape index (κ3) is 3.78. The van der Waals surface area contributed by atoms with E-state index in [0.717, 1.165) is 30.7 Å². The zero-order valence-corrected chi connectivity index (χ0v) is 16.1. The Kier molecular flexibility index (Phi) is 5.68. The highest BCUT2D eigenvalue weighted by Gasteiger charge is 2.16. The molecule has 3 aromatic rings. The van der Waals surface area contributed by atoms with Gasteiger partial charge in [-0.3, -0.25) is 0 Å². The maximum absolute atomic E-state index is 9.70. The van der Waals surface area contributed by atoms with Gasteiger partial charge in [-0.15, -0.1) is 0 Å². The molecule has 0 heterocycles. The minimum Gasteiger partial charge on any atom is -0.192 e. The van der Waals surface area contributed by atoms with Gasteiger partial charge in [0.15, 0.2) is 0 Å². The number of hydrogen-bond acceptors (Lipinski definition) is 4. The Morgan fingerprint density at radius 1 is 0.577 bits per heavy atom. The Morgan fingerprint density at radius 3 is 1.31 bits per heavy atom. The minimum absolute atomic E-state index is 0.444. The number of nitriles is 2. The van der Waals surface area contributed by atoms with Crippen molar-refractivity contribution in [2.24, 2.45) is 0 Å². The van der Waals surface area contributed by atoms with Gasteiger partial charge in [0.2, 0.25) is 0 Å². The Morgan fingerprint density at radius 2 is 0.962 bits per heavy atom. The summed E-state index contributed by atoms with van der Waals surface area (Å²) in [5.41, 5.74) is 3.19.